The van der Waals surface area contributed by atoms with E-state index in [1.807, 2.05) is 19.1 Å². The van der Waals surface area contributed by atoms with E-state index in [1.165, 1.54) is 0 Å². The van der Waals surface area contributed by atoms with Crippen LogP contribution in [0.1, 0.15) is 12.5 Å². The van der Waals surface area contributed by atoms with Gasteiger partial charge in [-0.2, -0.15) is 0 Å². The summed E-state index contributed by atoms with van der Waals surface area (Å²) in [6, 6.07) is 5.45. The van der Waals surface area contributed by atoms with Gasteiger partial charge in [-0.3, -0.25) is 4.72 Å². The molecule has 1 aromatic rings. The van der Waals surface area contributed by atoms with Crippen molar-refractivity contribution < 1.29 is 8.42 Å². The number of aryl methyl sites for hydroxylation is 1. The van der Waals surface area contributed by atoms with Crippen LogP contribution >= 0.6 is 15.9 Å². The second-order valence-electron chi connectivity index (χ2n) is 2.94. The van der Waals surface area contributed by atoms with Crippen LogP contribution < -0.4 is 4.72 Å². The van der Waals surface area contributed by atoms with Gasteiger partial charge >= 0.3 is 0 Å². The molecule has 0 radical (unpaired) electrons. The highest BCUT2D eigenvalue weighted by Crippen LogP contribution is 2.26. The molecule has 3 nitrogen and oxygen atoms in total. The van der Waals surface area contributed by atoms with Gasteiger partial charge in [-0.1, -0.05) is 12.1 Å². The maximum absolute atomic E-state index is 11.3. The minimum absolute atomic E-state index is 0.0768. The van der Waals surface area contributed by atoms with Gasteiger partial charge in [-0.15, -0.1) is 0 Å². The summed E-state index contributed by atoms with van der Waals surface area (Å²) in [7, 11) is -3.19. The summed E-state index contributed by atoms with van der Waals surface area (Å²) in [5.41, 5.74) is 1.59. The van der Waals surface area contributed by atoms with E-state index in [0.717, 1.165) is 10.0 Å². The molecule has 14 heavy (non-hydrogen) atoms. The van der Waals surface area contributed by atoms with Crippen LogP contribution in [0.2, 0.25) is 0 Å². The number of hydrogen-bond acceptors (Lipinski definition) is 2. The van der Waals surface area contributed by atoms with Gasteiger partial charge in [0.1, 0.15) is 0 Å². The zero-order chi connectivity index (χ0) is 10.8. The lowest BCUT2D eigenvalue weighted by Crippen LogP contribution is -2.15. The molecule has 1 rings (SSSR count). The molecule has 1 N–H and O–H groups in total. The summed E-state index contributed by atoms with van der Waals surface area (Å²) < 4.78 is 25.9. The van der Waals surface area contributed by atoms with Crippen LogP contribution in [0.25, 0.3) is 0 Å². The quantitative estimate of drug-likeness (QED) is 0.923. The smallest absolute Gasteiger partial charge is 0.232 e. The Morgan fingerprint density at radius 2 is 2.07 bits per heavy atom. The number of anilines is 1. The summed E-state index contributed by atoms with van der Waals surface area (Å²) in [4.78, 5) is 0. The fraction of sp³-hybridized carbons (Fsp3) is 0.333. The van der Waals surface area contributed by atoms with Crippen LogP contribution in [0.4, 0.5) is 5.69 Å². The maximum atomic E-state index is 11.3. The molecule has 0 heterocycles. The Bertz CT molecular complexity index is 428. The van der Waals surface area contributed by atoms with Gasteiger partial charge < -0.3 is 0 Å². The second-order valence-corrected chi connectivity index (χ2v) is 5.75. The van der Waals surface area contributed by atoms with E-state index < -0.39 is 10.0 Å². The van der Waals surface area contributed by atoms with Gasteiger partial charge in [0.15, 0.2) is 0 Å². The van der Waals surface area contributed by atoms with Crippen molar-refractivity contribution >= 4 is 31.6 Å². The summed E-state index contributed by atoms with van der Waals surface area (Å²) >= 11 is 3.34. The average molecular weight is 278 g/mol. The second kappa shape index (κ2) is 4.31. The van der Waals surface area contributed by atoms with Gasteiger partial charge in [0.25, 0.3) is 0 Å². The first-order chi connectivity index (χ1) is 6.46. The largest absolute Gasteiger partial charge is 0.282 e. The number of benzene rings is 1. The van der Waals surface area contributed by atoms with Gasteiger partial charge in [0.2, 0.25) is 10.0 Å². The van der Waals surface area contributed by atoms with Gasteiger partial charge in [0.05, 0.1) is 11.4 Å². The molecule has 0 fully saturated rings. The van der Waals surface area contributed by atoms with Gasteiger partial charge in [-0.05, 0) is 41.4 Å². The van der Waals surface area contributed by atoms with E-state index in [9.17, 15) is 8.42 Å². The summed E-state index contributed by atoms with van der Waals surface area (Å²) in [5.74, 6) is 0.0768. The third-order valence-electron chi connectivity index (χ3n) is 1.84. The van der Waals surface area contributed by atoms with E-state index in [4.69, 9.17) is 0 Å². The molecule has 0 spiro atoms. The van der Waals surface area contributed by atoms with Crippen molar-refractivity contribution in [1.82, 2.24) is 0 Å². The topological polar surface area (TPSA) is 46.2 Å². The molecule has 0 bridgehead atoms. The van der Waals surface area contributed by atoms with Crippen LogP contribution in [-0.2, 0) is 10.0 Å². The normalized spacial score (nSPS) is 11.4. The lowest BCUT2D eigenvalue weighted by atomic mass is 10.2. The predicted octanol–water partition coefficient (Wildman–Crippen LogP) is 2.52. The van der Waals surface area contributed by atoms with Crippen molar-refractivity contribution in [3.8, 4) is 0 Å². The highest BCUT2D eigenvalue weighted by Gasteiger charge is 2.09. The molecule has 0 aliphatic rings. The van der Waals surface area contributed by atoms with E-state index in [1.54, 1.807) is 13.0 Å². The Labute approximate surface area is 92.7 Å². The molecule has 5 heteroatoms. The number of nitrogens with one attached hydrogen (secondary N) is 1. The molecule has 0 saturated carbocycles. The van der Waals surface area contributed by atoms with Crippen LogP contribution in [-0.4, -0.2) is 14.2 Å². The average Bonchev–Trinajstić information content (AvgIpc) is 2.13. The molecule has 0 aliphatic carbocycles. The Morgan fingerprint density at radius 1 is 1.43 bits per heavy atom. The predicted molar refractivity (Wildman–Crippen MR) is 62.0 cm³/mol. The van der Waals surface area contributed by atoms with Crippen molar-refractivity contribution in [3.63, 3.8) is 0 Å². The molecule has 78 valence electrons. The fourth-order valence-corrected chi connectivity index (χ4v) is 2.11. The van der Waals surface area contributed by atoms with Gasteiger partial charge in [0, 0.05) is 4.47 Å². The summed E-state index contributed by atoms with van der Waals surface area (Å²) in [5, 5.41) is 0. The molecule has 0 atom stereocenters. The molecule has 0 saturated heterocycles. The van der Waals surface area contributed by atoms with Crippen molar-refractivity contribution in [1.29, 1.82) is 0 Å². The van der Waals surface area contributed by atoms with E-state index >= 15 is 0 Å². The highest BCUT2D eigenvalue weighted by atomic mass is 79.9. The van der Waals surface area contributed by atoms with E-state index in [0.29, 0.717) is 5.69 Å². The van der Waals surface area contributed by atoms with Crippen LogP contribution in [0, 0.1) is 6.92 Å². The SMILES string of the molecule is CCS(=O)(=O)Nc1cccc(C)c1Br. The zero-order valence-corrected chi connectivity index (χ0v) is 10.4. The molecule has 0 aromatic heterocycles. The minimum atomic E-state index is -3.19. The molecule has 0 amide bonds. The summed E-state index contributed by atoms with van der Waals surface area (Å²) in [6.07, 6.45) is 0. The highest BCUT2D eigenvalue weighted by molar-refractivity contribution is 9.10. The Hall–Kier alpha value is -0.550. The van der Waals surface area contributed by atoms with Crippen LogP contribution in [0.3, 0.4) is 0 Å². The number of hydrogen-bond donors (Lipinski definition) is 1. The molecule has 1 aromatic carbocycles. The number of halogens is 1. The summed E-state index contributed by atoms with van der Waals surface area (Å²) in [6.45, 7) is 3.51. The molecule has 0 unspecified atom stereocenters. The Balaban J connectivity index is 3.05. The van der Waals surface area contributed by atoms with Crippen LogP contribution in [0.15, 0.2) is 22.7 Å². The molecule has 0 aliphatic heterocycles. The standard InChI is InChI=1S/C9H12BrNO2S/c1-3-14(12,13)11-8-6-4-5-7(2)9(8)10/h4-6,11H,3H2,1-2H3. The third kappa shape index (κ3) is 2.72. The third-order valence-corrected chi connectivity index (χ3v) is 4.18. The van der Waals surface area contributed by atoms with Crippen molar-refractivity contribution in [2.24, 2.45) is 0 Å². The van der Waals surface area contributed by atoms with Crippen LogP contribution in [0.5, 0.6) is 0 Å². The molecular formula is C9H12BrNO2S. The minimum Gasteiger partial charge on any atom is -0.282 e. The maximum Gasteiger partial charge on any atom is 0.232 e. The fourth-order valence-electron chi connectivity index (χ4n) is 0.966. The van der Waals surface area contributed by atoms with Crippen molar-refractivity contribution in [3.05, 3.63) is 28.2 Å². The zero-order valence-electron chi connectivity index (χ0n) is 8.04. The first-order valence-corrected chi connectivity index (χ1v) is 6.66. The first-order valence-electron chi connectivity index (χ1n) is 4.22. The van der Waals surface area contributed by atoms with Crippen molar-refractivity contribution in [2.75, 3.05) is 10.5 Å². The van der Waals surface area contributed by atoms with E-state index in [-0.39, 0.29) is 5.75 Å². The van der Waals surface area contributed by atoms with E-state index in [2.05, 4.69) is 20.7 Å². The first kappa shape index (κ1) is 11.5. The number of rotatable bonds is 3. The Morgan fingerprint density at radius 3 is 2.64 bits per heavy atom. The lowest BCUT2D eigenvalue weighted by molar-refractivity contribution is 0.602. The monoisotopic (exact) mass is 277 g/mol. The van der Waals surface area contributed by atoms with Gasteiger partial charge in [-0.25, -0.2) is 8.42 Å². The van der Waals surface area contributed by atoms with Crippen molar-refractivity contribution in [2.45, 2.75) is 13.8 Å². The number of sulfonamides is 1. The Kier molecular flexibility index (Phi) is 3.55. The molecular weight excluding hydrogens is 266 g/mol. The lowest BCUT2D eigenvalue weighted by Gasteiger charge is -2.09.